The van der Waals surface area contributed by atoms with Gasteiger partial charge >= 0.3 is 0 Å². The van der Waals surface area contributed by atoms with Crippen LogP contribution in [0.3, 0.4) is 0 Å². The zero-order valence-electron chi connectivity index (χ0n) is 18.2. The van der Waals surface area contributed by atoms with E-state index in [1.54, 1.807) is 15.6 Å². The first kappa shape index (κ1) is 19.8. The molecule has 1 aliphatic carbocycles. The summed E-state index contributed by atoms with van der Waals surface area (Å²) < 4.78 is 3.60. The highest BCUT2D eigenvalue weighted by atomic mass is 16.2. The van der Waals surface area contributed by atoms with Gasteiger partial charge in [-0.3, -0.25) is 24.4 Å². The molecule has 0 bridgehead atoms. The predicted molar refractivity (Wildman–Crippen MR) is 116 cm³/mol. The van der Waals surface area contributed by atoms with Gasteiger partial charge in [-0.05, 0) is 55.9 Å². The molecule has 6 rings (SSSR count). The molecule has 10 nitrogen and oxygen atoms in total. The quantitative estimate of drug-likeness (QED) is 0.608. The molecule has 33 heavy (non-hydrogen) atoms. The number of nitrogens with one attached hydrogen (secondary N) is 1. The van der Waals surface area contributed by atoms with Crippen molar-refractivity contribution in [3.05, 3.63) is 46.8 Å². The van der Waals surface area contributed by atoms with Gasteiger partial charge in [0.1, 0.15) is 11.7 Å². The molecule has 3 aromatic rings. The Kier molecular flexibility index (Phi) is 4.42. The minimum atomic E-state index is -0.625. The minimum absolute atomic E-state index is 0.188. The minimum Gasteiger partial charge on any atom is -0.322 e. The van der Waals surface area contributed by atoms with Crippen LogP contribution < -0.4 is 5.32 Å². The first-order chi connectivity index (χ1) is 16.0. The molecule has 2 aliphatic heterocycles. The van der Waals surface area contributed by atoms with Crippen molar-refractivity contribution in [2.45, 2.75) is 51.1 Å². The van der Waals surface area contributed by atoms with Gasteiger partial charge in [-0.2, -0.15) is 5.10 Å². The highest BCUT2D eigenvalue weighted by Crippen LogP contribution is 2.32. The summed E-state index contributed by atoms with van der Waals surface area (Å²) in [6.45, 7) is 0.324. The zero-order valence-corrected chi connectivity index (χ0v) is 18.2. The molecule has 1 atom stereocenters. The fourth-order valence-corrected chi connectivity index (χ4v) is 5.20. The normalized spacial score (nSPS) is 20.1. The number of amides is 3. The highest BCUT2D eigenvalue weighted by Gasteiger charge is 2.39. The number of nitrogens with zero attached hydrogens (tertiary/aromatic N) is 6. The summed E-state index contributed by atoms with van der Waals surface area (Å²) in [4.78, 5) is 38.2. The second kappa shape index (κ2) is 7.36. The maximum atomic E-state index is 12.9. The molecule has 2 aromatic heterocycles. The lowest BCUT2D eigenvalue weighted by Crippen LogP contribution is -2.52. The molecule has 168 valence electrons. The molecule has 0 saturated carbocycles. The molecule has 4 heterocycles. The van der Waals surface area contributed by atoms with E-state index in [9.17, 15) is 14.4 Å². The number of aromatic nitrogens is 5. The van der Waals surface area contributed by atoms with Crippen LogP contribution in [0.5, 0.6) is 0 Å². The van der Waals surface area contributed by atoms with Crippen molar-refractivity contribution in [2.75, 3.05) is 0 Å². The maximum absolute atomic E-state index is 12.9. The van der Waals surface area contributed by atoms with Crippen LogP contribution in [0, 0.1) is 0 Å². The summed E-state index contributed by atoms with van der Waals surface area (Å²) >= 11 is 0. The number of carbonyl (C=O) groups excluding carboxylic acids is 3. The number of imide groups is 1. The van der Waals surface area contributed by atoms with Crippen LogP contribution in [0.1, 0.15) is 52.9 Å². The van der Waals surface area contributed by atoms with Crippen molar-refractivity contribution in [3.63, 3.8) is 0 Å². The Morgan fingerprint density at radius 1 is 1.09 bits per heavy atom. The van der Waals surface area contributed by atoms with E-state index in [2.05, 4.69) is 20.7 Å². The molecule has 1 unspecified atom stereocenters. The summed E-state index contributed by atoms with van der Waals surface area (Å²) in [5.74, 6) is -0.890. The number of piperidine rings is 1. The number of hydrogen-bond acceptors (Lipinski definition) is 6. The molecule has 3 aliphatic rings. The van der Waals surface area contributed by atoms with Crippen LogP contribution in [0.25, 0.3) is 17.1 Å². The van der Waals surface area contributed by atoms with E-state index in [1.807, 2.05) is 30.1 Å². The zero-order chi connectivity index (χ0) is 22.7. The molecule has 0 radical (unpaired) electrons. The maximum Gasteiger partial charge on any atom is 0.255 e. The van der Waals surface area contributed by atoms with Crippen LogP contribution in [-0.4, -0.2) is 53.4 Å². The van der Waals surface area contributed by atoms with Crippen molar-refractivity contribution in [2.24, 2.45) is 7.05 Å². The number of rotatable bonds is 3. The van der Waals surface area contributed by atoms with E-state index in [4.69, 9.17) is 0 Å². The lowest BCUT2D eigenvalue weighted by molar-refractivity contribution is -0.136. The molecular weight excluding hydrogens is 422 g/mol. The van der Waals surface area contributed by atoms with E-state index in [0.717, 1.165) is 47.6 Å². The summed E-state index contributed by atoms with van der Waals surface area (Å²) in [5, 5.41) is 15.7. The van der Waals surface area contributed by atoms with E-state index in [0.29, 0.717) is 18.5 Å². The van der Waals surface area contributed by atoms with E-state index >= 15 is 0 Å². The molecule has 1 fully saturated rings. The molecule has 1 N–H and O–H groups in total. The van der Waals surface area contributed by atoms with E-state index in [1.165, 1.54) is 12.0 Å². The fourth-order valence-electron chi connectivity index (χ4n) is 5.20. The summed E-state index contributed by atoms with van der Waals surface area (Å²) in [5.41, 5.74) is 6.39. The van der Waals surface area contributed by atoms with Crippen LogP contribution >= 0.6 is 0 Å². The number of aryl methyl sites for hydroxylation is 2. The van der Waals surface area contributed by atoms with Gasteiger partial charge in [0.15, 0.2) is 0 Å². The standard InChI is InChI=1S/C23H23N7O3/c1-28-21(16-4-2-3-5-17(16)26-28)18-12-30(27-25-18)14-6-7-15-13(10-14)11-29(23(15)33)19-8-9-20(31)24-22(19)32/h6-7,10,12,19H,2-5,8-9,11H2,1H3,(H,24,31,32). The topological polar surface area (TPSA) is 115 Å². The van der Waals surface area contributed by atoms with Crippen LogP contribution in [0.2, 0.25) is 0 Å². The first-order valence-electron chi connectivity index (χ1n) is 11.2. The monoisotopic (exact) mass is 445 g/mol. The Bertz CT molecular complexity index is 1320. The van der Waals surface area contributed by atoms with Crippen molar-refractivity contribution in [3.8, 4) is 17.1 Å². The third kappa shape index (κ3) is 3.16. The van der Waals surface area contributed by atoms with Crippen LogP contribution in [-0.2, 0) is 36.0 Å². The Balaban J connectivity index is 1.28. The van der Waals surface area contributed by atoms with Crippen molar-refractivity contribution in [1.82, 2.24) is 35.0 Å². The second-order valence-corrected chi connectivity index (χ2v) is 8.89. The van der Waals surface area contributed by atoms with Crippen LogP contribution in [0.4, 0.5) is 0 Å². The molecule has 10 heteroatoms. The Hall–Kier alpha value is -3.82. The third-order valence-electron chi connectivity index (χ3n) is 6.83. The predicted octanol–water partition coefficient (Wildman–Crippen LogP) is 1.31. The smallest absolute Gasteiger partial charge is 0.255 e. The largest absolute Gasteiger partial charge is 0.322 e. The van der Waals surface area contributed by atoms with Gasteiger partial charge in [-0.25, -0.2) is 4.68 Å². The lowest BCUT2D eigenvalue weighted by Gasteiger charge is -2.29. The Morgan fingerprint density at radius 2 is 1.94 bits per heavy atom. The summed E-state index contributed by atoms with van der Waals surface area (Å²) in [7, 11) is 1.94. The first-order valence-corrected chi connectivity index (χ1v) is 11.2. The number of benzene rings is 1. The van der Waals surface area contributed by atoms with E-state index in [-0.39, 0.29) is 18.2 Å². The van der Waals surface area contributed by atoms with Gasteiger partial charge in [-0.1, -0.05) is 5.21 Å². The van der Waals surface area contributed by atoms with Gasteiger partial charge in [0.25, 0.3) is 5.91 Å². The SMILES string of the molecule is Cn1nc2c(c1-c1cn(-c3ccc4c(c3)CN(C3CCC(=O)NC3=O)C4=O)nn1)CCCC2. The van der Waals surface area contributed by atoms with Gasteiger partial charge in [0.2, 0.25) is 11.8 Å². The highest BCUT2D eigenvalue weighted by molar-refractivity contribution is 6.05. The van der Waals surface area contributed by atoms with E-state index < -0.39 is 11.9 Å². The molecule has 1 saturated heterocycles. The van der Waals surface area contributed by atoms with Gasteiger partial charge in [0, 0.05) is 31.1 Å². The molecule has 3 amide bonds. The average molecular weight is 445 g/mol. The Labute approximate surface area is 189 Å². The average Bonchev–Trinajstić information content (AvgIpc) is 3.49. The Morgan fingerprint density at radius 3 is 2.79 bits per heavy atom. The van der Waals surface area contributed by atoms with Gasteiger partial charge < -0.3 is 4.90 Å². The fraction of sp³-hybridized carbons (Fsp3) is 0.391. The van der Waals surface area contributed by atoms with Crippen molar-refractivity contribution < 1.29 is 14.4 Å². The van der Waals surface area contributed by atoms with Gasteiger partial charge in [0.05, 0.1) is 23.3 Å². The third-order valence-corrected chi connectivity index (χ3v) is 6.83. The molecule has 0 spiro atoms. The van der Waals surface area contributed by atoms with Crippen LogP contribution in [0.15, 0.2) is 24.4 Å². The lowest BCUT2D eigenvalue weighted by atomic mass is 9.95. The summed E-state index contributed by atoms with van der Waals surface area (Å²) in [6, 6.07) is 4.89. The van der Waals surface area contributed by atoms with Crippen molar-refractivity contribution in [1.29, 1.82) is 0 Å². The number of carbonyl (C=O) groups is 3. The summed E-state index contributed by atoms with van der Waals surface area (Å²) in [6.07, 6.45) is 6.80. The molecular formula is C23H23N7O3. The number of hydrogen-bond donors (Lipinski definition) is 1. The second-order valence-electron chi connectivity index (χ2n) is 8.89. The number of fused-ring (bicyclic) bond motifs is 2. The van der Waals surface area contributed by atoms with Crippen molar-refractivity contribution >= 4 is 17.7 Å². The molecule has 1 aromatic carbocycles. The van der Waals surface area contributed by atoms with Gasteiger partial charge in [-0.15, -0.1) is 5.10 Å².